The van der Waals surface area contributed by atoms with E-state index in [2.05, 4.69) is 25.9 Å². The van der Waals surface area contributed by atoms with Crippen molar-refractivity contribution in [2.24, 2.45) is 0 Å². The number of nitrogens with zero attached hydrogens (tertiary/aromatic N) is 5. The Kier molecular flexibility index (Phi) is 8.23. The van der Waals surface area contributed by atoms with Crippen LogP contribution in [-0.2, 0) is 5.75 Å². The van der Waals surface area contributed by atoms with E-state index in [0.717, 1.165) is 5.56 Å². The molecule has 4 N–H and O–H groups in total. The van der Waals surface area contributed by atoms with E-state index in [1.807, 2.05) is 0 Å². The molecule has 0 amide bonds. The highest BCUT2D eigenvalue weighted by Gasteiger charge is 2.21. The summed E-state index contributed by atoms with van der Waals surface area (Å²) in [7, 11) is 0. The zero-order valence-electron chi connectivity index (χ0n) is 19.1. The molecule has 4 aromatic rings. The van der Waals surface area contributed by atoms with Gasteiger partial charge in [0, 0.05) is 34.2 Å². The summed E-state index contributed by atoms with van der Waals surface area (Å²) < 4.78 is 10.9. The van der Waals surface area contributed by atoms with Crippen molar-refractivity contribution in [3.63, 3.8) is 0 Å². The number of oxazole rings is 1. The molecule has 3 aromatic heterocycles. The van der Waals surface area contributed by atoms with E-state index in [1.165, 1.54) is 30.3 Å². The minimum atomic E-state index is -1.04. The van der Waals surface area contributed by atoms with Crippen LogP contribution >= 0.6 is 23.4 Å². The molecule has 1 aromatic carbocycles. The highest BCUT2D eigenvalue weighted by atomic mass is 35.5. The van der Waals surface area contributed by atoms with Gasteiger partial charge in [0.15, 0.2) is 0 Å². The van der Waals surface area contributed by atoms with Gasteiger partial charge in [0.1, 0.15) is 35.9 Å². The molecule has 0 bridgehead atoms. The van der Waals surface area contributed by atoms with Crippen LogP contribution < -0.4 is 10.5 Å². The first kappa shape index (κ1) is 25.9. The molecule has 37 heavy (non-hydrogen) atoms. The van der Waals surface area contributed by atoms with Gasteiger partial charge in [-0.25, -0.2) is 19.8 Å². The summed E-state index contributed by atoms with van der Waals surface area (Å²) in [5, 5.41) is 29.3. The lowest BCUT2D eigenvalue weighted by Crippen LogP contribution is -2.21. The van der Waals surface area contributed by atoms with Crippen molar-refractivity contribution >= 4 is 34.9 Å². The van der Waals surface area contributed by atoms with E-state index in [0.29, 0.717) is 38.5 Å². The number of aromatic nitrogens is 3. The van der Waals surface area contributed by atoms with Crippen molar-refractivity contribution in [3.05, 3.63) is 76.6 Å². The van der Waals surface area contributed by atoms with Crippen LogP contribution in [0.2, 0.25) is 5.02 Å². The number of nitrogens with two attached hydrogens (primary N) is 1. The summed E-state index contributed by atoms with van der Waals surface area (Å²) >= 11 is 7.17. The molecule has 0 radical (unpaired) electrons. The minimum absolute atomic E-state index is 0.0140. The van der Waals surface area contributed by atoms with Gasteiger partial charge in [0.05, 0.1) is 24.4 Å². The number of halogens is 1. The average Bonchev–Trinajstić information content (AvgIpc) is 3.39. The number of aliphatic hydroxyl groups excluding tert-OH is 2. The molecule has 0 saturated carbocycles. The molecule has 0 saturated heterocycles. The molecule has 0 fully saturated rings. The normalized spacial score (nSPS) is 11.5. The van der Waals surface area contributed by atoms with Crippen LogP contribution in [-0.4, -0.2) is 44.5 Å². The Morgan fingerprint density at radius 2 is 1.97 bits per heavy atom. The number of hydrogen-bond acceptors (Lipinski definition) is 10. The van der Waals surface area contributed by atoms with Crippen LogP contribution in [0.3, 0.4) is 0 Å². The van der Waals surface area contributed by atoms with Crippen LogP contribution in [0.15, 0.2) is 58.3 Å². The maximum atomic E-state index is 9.98. The van der Waals surface area contributed by atoms with E-state index in [9.17, 15) is 10.4 Å². The number of anilines is 1. The fourth-order valence-corrected chi connectivity index (χ4v) is 4.26. The van der Waals surface area contributed by atoms with E-state index >= 15 is 0 Å². The largest absolute Gasteiger partial charge is 0.475 e. The summed E-state index contributed by atoms with van der Waals surface area (Å²) in [4.78, 5) is 16.5. The topological polar surface area (TPSA) is 156 Å². The summed E-state index contributed by atoms with van der Waals surface area (Å²) in [6.45, 7) is 7.02. The van der Waals surface area contributed by atoms with Crippen molar-refractivity contribution in [2.45, 2.75) is 16.9 Å². The van der Waals surface area contributed by atoms with Gasteiger partial charge in [0.25, 0.3) is 0 Å². The van der Waals surface area contributed by atoms with E-state index in [1.54, 1.807) is 30.3 Å². The van der Waals surface area contributed by atoms with Gasteiger partial charge < -0.3 is 25.1 Å². The van der Waals surface area contributed by atoms with Crippen molar-refractivity contribution in [2.75, 3.05) is 18.9 Å². The molecule has 10 nitrogen and oxygen atoms in total. The number of rotatable bonds is 9. The minimum Gasteiger partial charge on any atom is -0.475 e. The summed E-state index contributed by atoms with van der Waals surface area (Å²) in [6, 6.07) is 12.4. The van der Waals surface area contributed by atoms with Crippen LogP contribution in [0.5, 0.6) is 5.88 Å². The van der Waals surface area contributed by atoms with Crippen LogP contribution in [0.1, 0.15) is 11.3 Å². The van der Waals surface area contributed by atoms with Gasteiger partial charge in [-0.05, 0) is 35.9 Å². The predicted octanol–water partition coefficient (Wildman–Crippen LogP) is 4.48. The molecule has 0 spiro atoms. The van der Waals surface area contributed by atoms with Crippen molar-refractivity contribution in [1.29, 1.82) is 5.26 Å². The first-order valence-corrected chi connectivity index (χ1v) is 12.1. The number of nitrogen functional groups attached to an aromatic ring is 1. The second kappa shape index (κ2) is 11.7. The number of thioether (sulfide) groups is 1. The standard InChI is InChI=1S/C25H19ClN6O4S/c1-29-22-21(15-4-7-20(30-9-15)35-12-18(34)10-33)19(8-27)25(32-23(22)28)37-13-17-11-36-24(31-17)14-2-5-16(26)6-3-14/h2-7,9,11,18,33-34H,10,12-13H2,(H2,28,32)/t18-/m1/s1. The lowest BCUT2D eigenvalue weighted by Gasteiger charge is -2.13. The van der Waals surface area contributed by atoms with Gasteiger partial charge in [-0.2, -0.15) is 5.26 Å². The summed E-state index contributed by atoms with van der Waals surface area (Å²) in [5.41, 5.74) is 8.49. The fraction of sp³-hybridized carbons (Fsp3) is 0.160. The Bertz CT molecular complexity index is 1480. The van der Waals surface area contributed by atoms with E-state index < -0.39 is 12.7 Å². The molecule has 0 aliphatic heterocycles. The number of ether oxygens (including phenoxy) is 1. The molecule has 1 atom stereocenters. The third kappa shape index (κ3) is 6.00. The maximum Gasteiger partial charge on any atom is 0.237 e. The zero-order chi connectivity index (χ0) is 26.4. The van der Waals surface area contributed by atoms with Crippen molar-refractivity contribution < 1.29 is 19.4 Å². The zero-order valence-corrected chi connectivity index (χ0v) is 20.7. The number of nitriles is 1. The van der Waals surface area contributed by atoms with Crippen molar-refractivity contribution in [1.82, 2.24) is 15.0 Å². The molecular weight excluding hydrogens is 516 g/mol. The fourth-order valence-electron chi connectivity index (χ4n) is 3.26. The number of benzene rings is 1. The highest BCUT2D eigenvalue weighted by Crippen LogP contribution is 2.41. The molecule has 0 aliphatic rings. The second-order valence-corrected chi connectivity index (χ2v) is 9.00. The van der Waals surface area contributed by atoms with Gasteiger partial charge in [-0.15, -0.1) is 0 Å². The molecule has 0 unspecified atom stereocenters. The average molecular weight is 535 g/mol. The Morgan fingerprint density at radius 3 is 2.62 bits per heavy atom. The van der Waals surface area contributed by atoms with Gasteiger partial charge in [-0.1, -0.05) is 23.4 Å². The SMILES string of the molecule is [C-]#[N+]c1c(N)nc(SCc2coc(-c3ccc(Cl)cc3)n2)c(C#N)c1-c1ccc(OC[C@H](O)CO)nc1. The Labute approximate surface area is 221 Å². The first-order valence-electron chi connectivity index (χ1n) is 10.8. The maximum absolute atomic E-state index is 9.98. The third-order valence-corrected chi connectivity index (χ3v) is 6.31. The molecule has 4 rings (SSSR count). The van der Waals surface area contributed by atoms with Crippen LogP contribution in [0.25, 0.3) is 27.4 Å². The number of pyridine rings is 2. The van der Waals surface area contributed by atoms with E-state index in [4.69, 9.17) is 38.2 Å². The van der Waals surface area contributed by atoms with Crippen LogP contribution in [0, 0.1) is 17.9 Å². The molecule has 3 heterocycles. The highest BCUT2D eigenvalue weighted by molar-refractivity contribution is 7.98. The van der Waals surface area contributed by atoms with Gasteiger partial charge >= 0.3 is 0 Å². The van der Waals surface area contributed by atoms with E-state index in [-0.39, 0.29) is 29.6 Å². The summed E-state index contributed by atoms with van der Waals surface area (Å²) in [5.74, 6) is 0.968. The summed E-state index contributed by atoms with van der Waals surface area (Å²) in [6.07, 6.45) is 1.93. The number of hydrogen-bond donors (Lipinski definition) is 3. The smallest absolute Gasteiger partial charge is 0.237 e. The lowest BCUT2D eigenvalue weighted by molar-refractivity contribution is 0.0521. The lowest BCUT2D eigenvalue weighted by atomic mass is 10.0. The Balaban J connectivity index is 1.60. The Morgan fingerprint density at radius 1 is 1.22 bits per heavy atom. The monoisotopic (exact) mass is 534 g/mol. The van der Waals surface area contributed by atoms with Gasteiger partial charge in [-0.3, -0.25) is 0 Å². The molecular formula is C25H19ClN6O4S. The predicted molar refractivity (Wildman–Crippen MR) is 138 cm³/mol. The molecule has 0 aliphatic carbocycles. The van der Waals surface area contributed by atoms with Crippen LogP contribution in [0.4, 0.5) is 11.5 Å². The first-order chi connectivity index (χ1) is 17.9. The second-order valence-electron chi connectivity index (χ2n) is 7.60. The molecule has 12 heteroatoms. The quantitative estimate of drug-likeness (QED) is 0.206. The van der Waals surface area contributed by atoms with Gasteiger partial charge in [0.2, 0.25) is 17.5 Å². The van der Waals surface area contributed by atoms with Crippen molar-refractivity contribution in [3.8, 4) is 34.5 Å². The number of aliphatic hydroxyl groups is 2. The molecule has 186 valence electrons. The Hall–Kier alpha value is -4.13. The third-order valence-electron chi connectivity index (χ3n) is 5.05.